The number of carbonyl (C=O) groups excluding carboxylic acids is 5. The van der Waals surface area contributed by atoms with Crippen LogP contribution in [0.5, 0.6) is 11.5 Å². The number of anilines is 2. The van der Waals surface area contributed by atoms with Crippen LogP contribution in [-0.2, 0) is 16.0 Å². The van der Waals surface area contributed by atoms with E-state index in [-0.39, 0.29) is 41.4 Å². The number of carbonyl (C=O) groups is 5. The van der Waals surface area contributed by atoms with Crippen LogP contribution in [0, 0.1) is 0 Å². The number of nitrogens with two attached hydrogens (primary N) is 1. The minimum atomic E-state index is -0.980. The molecule has 0 spiro atoms. The number of nitrogens with one attached hydrogen (secondary N) is 3. The number of phenolic OH excluding ortho intramolecular Hbond substituents is 1. The number of phenols is 1. The van der Waals surface area contributed by atoms with Crippen LogP contribution in [0.15, 0.2) is 72.8 Å². The van der Waals surface area contributed by atoms with Crippen LogP contribution in [0.4, 0.5) is 11.5 Å². The number of nitrogens with zero attached hydrogens (tertiary/aromatic N) is 3. The van der Waals surface area contributed by atoms with Gasteiger partial charge in [0, 0.05) is 48.8 Å². The summed E-state index contributed by atoms with van der Waals surface area (Å²) in [6.45, 7) is 1.64. The van der Waals surface area contributed by atoms with Gasteiger partial charge in [-0.3, -0.25) is 34.2 Å². The van der Waals surface area contributed by atoms with Crippen LogP contribution in [0.3, 0.4) is 0 Å². The van der Waals surface area contributed by atoms with Gasteiger partial charge < -0.3 is 26.2 Å². The third kappa shape index (κ3) is 9.00. The molecule has 0 saturated carbocycles. The summed E-state index contributed by atoms with van der Waals surface area (Å²) in [4.78, 5) is 63.3. The van der Waals surface area contributed by atoms with Crippen molar-refractivity contribution in [3.8, 4) is 22.8 Å². The van der Waals surface area contributed by atoms with E-state index in [4.69, 9.17) is 10.5 Å². The molecule has 1 fully saturated rings. The van der Waals surface area contributed by atoms with Crippen LogP contribution in [0.1, 0.15) is 88.0 Å². The number of hydrogen-bond acceptors (Lipinski definition) is 11. The Morgan fingerprint density at radius 3 is 2.33 bits per heavy atom. The van der Waals surface area contributed by atoms with E-state index in [0.717, 1.165) is 54.7 Å². The van der Waals surface area contributed by atoms with Gasteiger partial charge in [0.15, 0.2) is 11.6 Å². The number of hydrogen-bond donors (Lipinski definition) is 5. The molecule has 2 aliphatic rings. The number of benzene rings is 3. The molecule has 5 amide bonds. The van der Waals surface area contributed by atoms with E-state index in [2.05, 4.69) is 26.1 Å². The topological polar surface area (TPSA) is 206 Å². The molecule has 280 valence electrons. The highest BCUT2D eigenvalue weighted by Crippen LogP contribution is 2.31. The third-order valence-electron chi connectivity index (χ3n) is 9.49. The van der Waals surface area contributed by atoms with Gasteiger partial charge in [-0.05, 0) is 67.3 Å². The van der Waals surface area contributed by atoms with Crippen molar-refractivity contribution in [1.82, 2.24) is 25.7 Å². The van der Waals surface area contributed by atoms with Crippen LogP contribution in [0.2, 0.25) is 0 Å². The van der Waals surface area contributed by atoms with Crippen molar-refractivity contribution in [2.45, 2.75) is 63.8 Å². The Balaban J connectivity index is 0.825. The van der Waals surface area contributed by atoms with Crippen molar-refractivity contribution in [3.05, 3.63) is 95.1 Å². The van der Waals surface area contributed by atoms with E-state index in [0.29, 0.717) is 48.7 Å². The lowest BCUT2D eigenvalue weighted by Gasteiger charge is -2.27. The van der Waals surface area contributed by atoms with Crippen molar-refractivity contribution >= 4 is 41.0 Å². The van der Waals surface area contributed by atoms with E-state index in [9.17, 15) is 29.1 Å². The molecule has 0 aliphatic carbocycles. The molecule has 3 aromatic carbocycles. The maximum atomic E-state index is 13.0. The first-order valence-corrected chi connectivity index (χ1v) is 18.2. The summed E-state index contributed by atoms with van der Waals surface area (Å²) in [5, 5.41) is 26.7. The maximum absolute atomic E-state index is 13.0. The van der Waals surface area contributed by atoms with Gasteiger partial charge in [0.2, 0.25) is 11.8 Å². The molecule has 14 heteroatoms. The van der Waals surface area contributed by atoms with Gasteiger partial charge in [-0.25, -0.2) is 0 Å². The first kappa shape index (κ1) is 37.4. The Labute approximate surface area is 312 Å². The van der Waals surface area contributed by atoms with E-state index in [1.54, 1.807) is 60.7 Å². The number of aromatic hydroxyl groups is 1. The minimum absolute atomic E-state index is 0.0819. The fourth-order valence-electron chi connectivity index (χ4n) is 6.50. The maximum Gasteiger partial charge on any atom is 0.262 e. The largest absolute Gasteiger partial charge is 0.507 e. The van der Waals surface area contributed by atoms with E-state index in [1.165, 1.54) is 0 Å². The van der Waals surface area contributed by atoms with Gasteiger partial charge in [-0.15, -0.1) is 10.2 Å². The summed E-state index contributed by atoms with van der Waals surface area (Å²) in [7, 11) is 0. The quantitative estimate of drug-likeness (QED) is 0.0747. The molecule has 4 aromatic rings. The second-order valence-corrected chi connectivity index (χ2v) is 13.3. The number of para-hydroxylation sites is 1. The minimum Gasteiger partial charge on any atom is -0.507 e. The number of unbranched alkanes of at least 4 members (excludes halogenated alkanes) is 5. The normalized spacial score (nSPS) is 15.2. The van der Waals surface area contributed by atoms with Crippen molar-refractivity contribution in [2.75, 3.05) is 30.7 Å². The molecule has 0 radical (unpaired) electrons. The second-order valence-electron chi connectivity index (χ2n) is 13.3. The zero-order valence-corrected chi connectivity index (χ0v) is 29.8. The summed E-state index contributed by atoms with van der Waals surface area (Å²) in [6.07, 6.45) is 6.75. The lowest BCUT2D eigenvalue weighted by Crippen LogP contribution is -2.54. The number of nitrogen functional groups attached to an aromatic ring is 1. The van der Waals surface area contributed by atoms with E-state index >= 15 is 0 Å². The fourth-order valence-corrected chi connectivity index (χ4v) is 6.50. The number of ether oxygens (including phenoxy) is 1. The van der Waals surface area contributed by atoms with Gasteiger partial charge in [-0.2, -0.15) is 0 Å². The molecule has 3 heterocycles. The molecule has 1 saturated heterocycles. The number of imide groups is 2. The highest BCUT2D eigenvalue weighted by Gasteiger charge is 2.44. The number of piperidine rings is 1. The lowest BCUT2D eigenvalue weighted by molar-refractivity contribution is -0.136. The Kier molecular flexibility index (Phi) is 12.1. The molecule has 54 heavy (non-hydrogen) atoms. The summed E-state index contributed by atoms with van der Waals surface area (Å²) in [6, 6.07) is 19.9. The zero-order valence-electron chi connectivity index (χ0n) is 29.8. The molecule has 0 bridgehead atoms. The van der Waals surface area contributed by atoms with Gasteiger partial charge in [0.1, 0.15) is 17.5 Å². The number of aromatic nitrogens is 2. The fraction of sp³-hybridized carbons (Fsp3) is 0.325. The molecule has 2 aliphatic heterocycles. The van der Waals surface area contributed by atoms with Crippen molar-refractivity contribution in [2.24, 2.45) is 0 Å². The zero-order chi connectivity index (χ0) is 38.0. The second kappa shape index (κ2) is 17.5. The number of rotatable bonds is 17. The summed E-state index contributed by atoms with van der Waals surface area (Å²) in [5.41, 5.74) is 9.78. The Bertz CT molecular complexity index is 2040. The van der Waals surface area contributed by atoms with Gasteiger partial charge in [-0.1, -0.05) is 49.9 Å². The van der Waals surface area contributed by atoms with Crippen molar-refractivity contribution < 1.29 is 33.8 Å². The van der Waals surface area contributed by atoms with Gasteiger partial charge >= 0.3 is 0 Å². The molecule has 1 atom stereocenters. The Morgan fingerprint density at radius 1 is 0.852 bits per heavy atom. The molecule has 14 nitrogen and oxygen atoms in total. The van der Waals surface area contributed by atoms with E-state index < -0.39 is 29.7 Å². The van der Waals surface area contributed by atoms with Gasteiger partial charge in [0.25, 0.3) is 17.7 Å². The predicted octanol–water partition coefficient (Wildman–Crippen LogP) is 4.64. The Hall–Kier alpha value is -6.31. The predicted molar refractivity (Wildman–Crippen MR) is 201 cm³/mol. The third-order valence-corrected chi connectivity index (χ3v) is 9.49. The van der Waals surface area contributed by atoms with Gasteiger partial charge in [0.05, 0.1) is 17.7 Å². The molecule has 6 rings (SSSR count). The van der Waals surface area contributed by atoms with Crippen molar-refractivity contribution in [1.29, 1.82) is 0 Å². The molecular formula is C40H43N7O7. The average molecular weight is 734 g/mol. The first-order valence-electron chi connectivity index (χ1n) is 18.2. The van der Waals surface area contributed by atoms with Crippen LogP contribution in [0.25, 0.3) is 11.3 Å². The van der Waals surface area contributed by atoms with E-state index in [1.807, 2.05) is 12.1 Å². The molecular weight excluding hydrogens is 690 g/mol. The standard InChI is InChI=1S/C40H43N7O7/c41-36-34(24-31(45-46-36)29-9-5-6-10-33(29)48)54-22-19-25-11-13-26(14-12-25)37(50)43-21-8-4-2-1-3-7-20-42-27-15-16-28-30(23-27)40(53)47(39(28)52)32-17-18-35(49)44-38(32)51/h5-6,9-16,23-24,32,42,48H,1-4,7-8,17-22H2,(H2,41,46)(H,43,50)(H,44,49,51). The molecule has 1 aromatic heterocycles. The summed E-state index contributed by atoms with van der Waals surface area (Å²) in [5.74, 6) is -1.55. The highest BCUT2D eigenvalue weighted by molar-refractivity contribution is 6.23. The highest BCUT2D eigenvalue weighted by atomic mass is 16.5. The lowest BCUT2D eigenvalue weighted by atomic mass is 10.0. The summed E-state index contributed by atoms with van der Waals surface area (Å²) < 4.78 is 5.87. The van der Waals surface area contributed by atoms with Crippen LogP contribution in [-0.4, -0.2) is 75.5 Å². The van der Waals surface area contributed by atoms with Crippen LogP contribution >= 0.6 is 0 Å². The average Bonchev–Trinajstić information content (AvgIpc) is 3.41. The summed E-state index contributed by atoms with van der Waals surface area (Å²) >= 11 is 0. The SMILES string of the molecule is Nc1nnc(-c2ccccc2O)cc1OCCc1ccc(C(=O)NCCCCCCCCNc2ccc3c(c2)C(=O)N(C2CCC(=O)NC2=O)C3=O)cc1. The first-order chi connectivity index (χ1) is 26.2. The smallest absolute Gasteiger partial charge is 0.262 e. The molecule has 1 unspecified atom stereocenters. The number of fused-ring (bicyclic) bond motifs is 1. The van der Waals surface area contributed by atoms with Crippen LogP contribution < -0.4 is 26.4 Å². The monoisotopic (exact) mass is 733 g/mol. The molecule has 6 N–H and O–H groups in total. The number of amides is 5. The Morgan fingerprint density at radius 2 is 1.57 bits per heavy atom. The van der Waals surface area contributed by atoms with Crippen molar-refractivity contribution in [3.63, 3.8) is 0 Å².